The number of allylic oxidation sites excluding steroid dienone is 3. The third-order valence-electron chi connectivity index (χ3n) is 7.52. The van der Waals surface area contributed by atoms with Gasteiger partial charge in [0.15, 0.2) is 0 Å². The zero-order valence-electron chi connectivity index (χ0n) is 14.0. The minimum absolute atomic E-state index is 0.280. The molecule has 0 N–H and O–H groups in total. The summed E-state index contributed by atoms with van der Waals surface area (Å²) >= 11 is 6.33. The fourth-order valence-corrected chi connectivity index (χ4v) is 6.22. The molecule has 5 aliphatic rings. The molecule has 0 aromatic heterocycles. The van der Waals surface area contributed by atoms with Gasteiger partial charge in [-0.1, -0.05) is 30.9 Å². The molecule has 3 atom stereocenters. The summed E-state index contributed by atoms with van der Waals surface area (Å²) in [5.74, 6) is 3.34. The highest BCUT2D eigenvalue weighted by Gasteiger charge is 2.49. The van der Waals surface area contributed by atoms with Gasteiger partial charge in [-0.3, -0.25) is 0 Å². The first-order chi connectivity index (χ1) is 11.3. The molecule has 0 radical (unpaired) electrons. The number of piperidine rings is 1. The van der Waals surface area contributed by atoms with Gasteiger partial charge < -0.3 is 9.64 Å². The van der Waals surface area contributed by atoms with Crippen LogP contribution in [-0.4, -0.2) is 30.6 Å². The molecule has 0 aromatic rings. The largest absolute Gasteiger partial charge is 0.497 e. The molecule has 3 aliphatic carbocycles. The highest BCUT2D eigenvalue weighted by Crippen LogP contribution is 2.52. The summed E-state index contributed by atoms with van der Waals surface area (Å²) in [6.45, 7) is 3.43. The Kier molecular flexibility index (Phi) is 3.56. The maximum Gasteiger partial charge on any atom is 0.100 e. The smallest absolute Gasteiger partial charge is 0.100 e. The van der Waals surface area contributed by atoms with Crippen molar-refractivity contribution >= 4 is 11.6 Å². The Bertz CT molecular complexity index is 558. The van der Waals surface area contributed by atoms with Crippen molar-refractivity contribution in [3.05, 3.63) is 22.4 Å². The Morgan fingerprint density at radius 1 is 1.13 bits per heavy atom. The molecule has 23 heavy (non-hydrogen) atoms. The Labute approximate surface area is 144 Å². The first-order valence-electron chi connectivity index (χ1n) is 9.72. The molecule has 2 heterocycles. The van der Waals surface area contributed by atoms with Gasteiger partial charge in [-0.25, -0.2) is 0 Å². The molecule has 2 aliphatic heterocycles. The van der Waals surface area contributed by atoms with E-state index in [1.54, 1.807) is 0 Å². The van der Waals surface area contributed by atoms with Crippen LogP contribution in [0.4, 0.5) is 0 Å². The predicted octanol–water partition coefficient (Wildman–Crippen LogP) is 4.85. The van der Waals surface area contributed by atoms with Gasteiger partial charge in [0, 0.05) is 28.5 Å². The van der Waals surface area contributed by atoms with Crippen molar-refractivity contribution in [3.63, 3.8) is 0 Å². The number of hydrogen-bond acceptors (Lipinski definition) is 2. The molecule has 1 saturated heterocycles. The Morgan fingerprint density at radius 2 is 1.96 bits per heavy atom. The van der Waals surface area contributed by atoms with Crippen LogP contribution in [0.15, 0.2) is 22.4 Å². The lowest BCUT2D eigenvalue weighted by molar-refractivity contribution is -0.0467. The Balaban J connectivity index is 1.27. The lowest BCUT2D eigenvalue weighted by atomic mass is 9.61. The average Bonchev–Trinajstić information content (AvgIpc) is 2.89. The van der Waals surface area contributed by atoms with Crippen molar-refractivity contribution in [1.82, 2.24) is 4.90 Å². The van der Waals surface area contributed by atoms with Crippen LogP contribution in [0, 0.1) is 17.3 Å². The minimum atomic E-state index is 0.280. The van der Waals surface area contributed by atoms with E-state index < -0.39 is 0 Å². The van der Waals surface area contributed by atoms with Gasteiger partial charge >= 0.3 is 0 Å². The van der Waals surface area contributed by atoms with Crippen molar-refractivity contribution < 1.29 is 4.74 Å². The first-order valence-corrected chi connectivity index (χ1v) is 10.1. The molecule has 1 unspecified atom stereocenters. The van der Waals surface area contributed by atoms with Crippen LogP contribution in [0.2, 0.25) is 0 Å². The fraction of sp³-hybridized carbons (Fsp3) is 0.800. The molecule has 0 amide bonds. The third-order valence-corrected chi connectivity index (χ3v) is 7.81. The van der Waals surface area contributed by atoms with E-state index in [1.807, 2.05) is 0 Å². The molecular weight excluding hydrogens is 306 g/mol. The van der Waals surface area contributed by atoms with Gasteiger partial charge in [-0.05, 0) is 63.1 Å². The number of nitrogens with zero attached hydrogens (tertiary/aromatic N) is 1. The Morgan fingerprint density at radius 3 is 2.78 bits per heavy atom. The summed E-state index contributed by atoms with van der Waals surface area (Å²) in [4.78, 5) is 2.82. The minimum Gasteiger partial charge on any atom is -0.497 e. The summed E-state index contributed by atoms with van der Waals surface area (Å²) in [6, 6.07) is 0.902. The summed E-state index contributed by atoms with van der Waals surface area (Å²) < 4.78 is 6.08. The van der Waals surface area contributed by atoms with Crippen LogP contribution in [0.25, 0.3) is 0 Å². The highest BCUT2D eigenvalue weighted by molar-refractivity contribution is 6.29. The van der Waals surface area contributed by atoms with Crippen LogP contribution in [-0.2, 0) is 4.74 Å². The number of likely N-dealkylation sites (tertiary alicyclic amines) is 1. The van der Waals surface area contributed by atoms with Crippen molar-refractivity contribution in [1.29, 1.82) is 0 Å². The SMILES string of the molecule is ClC1=CC2=C(CC1)OCC21CCN([C@H]2CC3CCCC[C@H]32)CC1. The molecule has 0 aromatic carbocycles. The number of halogens is 1. The van der Waals surface area contributed by atoms with E-state index in [4.69, 9.17) is 16.3 Å². The van der Waals surface area contributed by atoms with Crippen LogP contribution < -0.4 is 0 Å². The van der Waals surface area contributed by atoms with Gasteiger partial charge in [-0.2, -0.15) is 0 Å². The van der Waals surface area contributed by atoms with E-state index in [0.717, 1.165) is 42.4 Å². The summed E-state index contributed by atoms with van der Waals surface area (Å²) in [5.41, 5.74) is 1.74. The average molecular weight is 334 g/mol. The van der Waals surface area contributed by atoms with Gasteiger partial charge in [0.05, 0.1) is 6.61 Å². The van der Waals surface area contributed by atoms with Crippen LogP contribution >= 0.6 is 11.6 Å². The molecule has 2 nitrogen and oxygen atoms in total. The molecule has 3 fully saturated rings. The first kappa shape index (κ1) is 14.8. The van der Waals surface area contributed by atoms with Crippen LogP contribution in [0.1, 0.15) is 57.8 Å². The second-order valence-corrected chi connectivity index (χ2v) is 9.03. The maximum absolute atomic E-state index is 6.33. The quantitative estimate of drug-likeness (QED) is 0.680. The topological polar surface area (TPSA) is 12.5 Å². The summed E-state index contributed by atoms with van der Waals surface area (Å²) in [5, 5.41) is 1.03. The zero-order valence-corrected chi connectivity index (χ0v) is 14.8. The Hall–Kier alpha value is -0.470. The number of hydrogen-bond donors (Lipinski definition) is 0. The molecule has 1 spiro atoms. The highest BCUT2D eigenvalue weighted by atomic mass is 35.5. The van der Waals surface area contributed by atoms with E-state index in [1.165, 1.54) is 69.4 Å². The van der Waals surface area contributed by atoms with Gasteiger partial charge in [0.1, 0.15) is 5.76 Å². The number of fused-ring (bicyclic) bond motifs is 2. The van der Waals surface area contributed by atoms with E-state index >= 15 is 0 Å². The monoisotopic (exact) mass is 333 g/mol. The molecule has 2 saturated carbocycles. The predicted molar refractivity (Wildman–Crippen MR) is 93.2 cm³/mol. The van der Waals surface area contributed by atoms with Crippen molar-refractivity contribution in [2.75, 3.05) is 19.7 Å². The lowest BCUT2D eigenvalue weighted by Crippen LogP contribution is -2.56. The van der Waals surface area contributed by atoms with Gasteiger partial charge in [0.25, 0.3) is 0 Å². The molecule has 0 bridgehead atoms. The van der Waals surface area contributed by atoms with Gasteiger partial charge in [-0.15, -0.1) is 0 Å². The van der Waals surface area contributed by atoms with Gasteiger partial charge in [0.2, 0.25) is 0 Å². The molecular formula is C20H28ClNO. The van der Waals surface area contributed by atoms with Crippen LogP contribution in [0.5, 0.6) is 0 Å². The molecule has 3 heteroatoms. The molecule has 5 rings (SSSR count). The second kappa shape index (κ2) is 5.52. The standard InChI is InChI=1S/C20H28ClNO/c21-15-5-6-19-17(12-15)20(13-23-19)7-9-22(10-8-20)18-11-14-3-1-2-4-16(14)18/h12,14,16,18H,1-11,13H2/t14?,16-,18+/m1/s1. The van der Waals surface area contributed by atoms with E-state index in [0.29, 0.717) is 0 Å². The van der Waals surface area contributed by atoms with E-state index in [9.17, 15) is 0 Å². The lowest BCUT2D eigenvalue weighted by Gasteiger charge is -2.55. The van der Waals surface area contributed by atoms with E-state index in [-0.39, 0.29) is 5.41 Å². The van der Waals surface area contributed by atoms with Crippen molar-refractivity contribution in [3.8, 4) is 0 Å². The zero-order chi connectivity index (χ0) is 15.4. The maximum atomic E-state index is 6.33. The second-order valence-electron chi connectivity index (χ2n) is 8.54. The number of ether oxygens (including phenoxy) is 1. The third kappa shape index (κ3) is 2.32. The normalized spacial score (nSPS) is 39.3. The summed E-state index contributed by atoms with van der Waals surface area (Å²) in [7, 11) is 0. The summed E-state index contributed by atoms with van der Waals surface area (Å²) in [6.07, 6.45) is 14.2. The fourth-order valence-electron chi connectivity index (χ4n) is 6.02. The van der Waals surface area contributed by atoms with Crippen molar-refractivity contribution in [2.24, 2.45) is 17.3 Å². The van der Waals surface area contributed by atoms with Crippen molar-refractivity contribution in [2.45, 2.75) is 63.8 Å². The number of rotatable bonds is 1. The van der Waals surface area contributed by atoms with Crippen LogP contribution in [0.3, 0.4) is 0 Å². The van der Waals surface area contributed by atoms with E-state index in [2.05, 4.69) is 11.0 Å². The molecule has 126 valence electrons.